The summed E-state index contributed by atoms with van der Waals surface area (Å²) in [6.07, 6.45) is 2.91. The fourth-order valence-electron chi connectivity index (χ4n) is 2.94. The fourth-order valence-corrected chi connectivity index (χ4v) is 2.94. The maximum absolute atomic E-state index is 4.44. The van der Waals surface area contributed by atoms with Crippen LogP contribution in [0.2, 0.25) is 0 Å². The Morgan fingerprint density at radius 2 is 2.10 bits per heavy atom. The average Bonchev–Trinajstić information content (AvgIpc) is 2.81. The Balaban J connectivity index is 2.01. The van der Waals surface area contributed by atoms with E-state index in [9.17, 15) is 0 Å². The lowest BCUT2D eigenvalue weighted by atomic mass is 10.00. The summed E-state index contributed by atoms with van der Waals surface area (Å²) in [6, 6.07) is 1.52. The summed E-state index contributed by atoms with van der Waals surface area (Å²) >= 11 is 0. The van der Waals surface area contributed by atoms with Gasteiger partial charge in [0.15, 0.2) is 0 Å². The molecule has 114 valence electrons. The van der Waals surface area contributed by atoms with Gasteiger partial charge in [0, 0.05) is 31.2 Å². The van der Waals surface area contributed by atoms with E-state index in [-0.39, 0.29) is 0 Å². The first-order valence-electron chi connectivity index (χ1n) is 7.83. The molecule has 2 unspecified atom stereocenters. The summed E-state index contributed by atoms with van der Waals surface area (Å²) in [5.41, 5.74) is 0. The van der Waals surface area contributed by atoms with Crippen molar-refractivity contribution in [3.05, 3.63) is 12.2 Å². The van der Waals surface area contributed by atoms with E-state index in [2.05, 4.69) is 54.9 Å². The number of nitrogens with one attached hydrogen (secondary N) is 1. The third-order valence-electron chi connectivity index (χ3n) is 4.02. The van der Waals surface area contributed by atoms with E-state index >= 15 is 0 Å². The Bertz CT molecular complexity index is 412. The van der Waals surface area contributed by atoms with Crippen LogP contribution in [0.25, 0.3) is 0 Å². The molecule has 2 atom stereocenters. The summed E-state index contributed by atoms with van der Waals surface area (Å²) in [6.45, 7) is 14.2. The fraction of sp³-hybridized carbons (Fsp3) is 0.867. The van der Waals surface area contributed by atoms with Gasteiger partial charge in [-0.3, -0.25) is 4.90 Å². The van der Waals surface area contributed by atoms with Gasteiger partial charge in [0.1, 0.15) is 12.2 Å². The minimum atomic E-state index is 0.372. The Labute approximate surface area is 122 Å². The second-order valence-electron chi connectivity index (χ2n) is 6.73. The number of aromatic nitrogens is 3. The Morgan fingerprint density at radius 1 is 1.35 bits per heavy atom. The third kappa shape index (κ3) is 3.79. The van der Waals surface area contributed by atoms with E-state index in [1.54, 1.807) is 6.33 Å². The molecule has 2 rings (SSSR count). The Kier molecular flexibility index (Phi) is 5.16. The van der Waals surface area contributed by atoms with Gasteiger partial charge in [0.2, 0.25) is 0 Å². The number of nitrogens with zero attached hydrogens (tertiary/aromatic N) is 4. The minimum absolute atomic E-state index is 0.372. The standard InChI is InChI=1S/C15H29N5/c1-11(2)6-14-8-19(13(5)7-16-14)9-15-17-10-18-20(15)12(3)4/h10-14,16H,6-9H2,1-5H3. The van der Waals surface area contributed by atoms with Crippen molar-refractivity contribution in [2.45, 2.75) is 65.7 Å². The molecule has 1 aliphatic rings. The highest BCUT2D eigenvalue weighted by molar-refractivity contribution is 4.91. The maximum atomic E-state index is 4.44. The molecule has 20 heavy (non-hydrogen) atoms. The molecule has 5 heteroatoms. The van der Waals surface area contributed by atoms with Gasteiger partial charge in [-0.2, -0.15) is 5.10 Å². The van der Waals surface area contributed by atoms with E-state index in [1.807, 2.05) is 4.68 Å². The molecule has 0 aliphatic carbocycles. The van der Waals surface area contributed by atoms with Crippen molar-refractivity contribution < 1.29 is 0 Å². The molecule has 1 N–H and O–H groups in total. The Hall–Kier alpha value is -0.940. The van der Waals surface area contributed by atoms with Crippen LogP contribution in [0.15, 0.2) is 6.33 Å². The van der Waals surface area contributed by atoms with Crippen LogP contribution in [0.1, 0.15) is 52.9 Å². The molecular formula is C15H29N5. The molecule has 0 saturated carbocycles. The average molecular weight is 279 g/mol. The second kappa shape index (κ2) is 6.68. The molecule has 1 aromatic heterocycles. The number of piperazine rings is 1. The molecule has 1 aliphatic heterocycles. The van der Waals surface area contributed by atoms with Crippen LogP contribution in [-0.2, 0) is 6.54 Å². The first-order valence-corrected chi connectivity index (χ1v) is 7.83. The van der Waals surface area contributed by atoms with Gasteiger partial charge in [-0.25, -0.2) is 9.67 Å². The summed E-state index contributed by atoms with van der Waals surface area (Å²) in [5.74, 6) is 1.82. The van der Waals surface area contributed by atoms with Crippen LogP contribution in [0.3, 0.4) is 0 Å². The molecule has 0 aromatic carbocycles. The molecule has 0 spiro atoms. The smallest absolute Gasteiger partial charge is 0.141 e. The lowest BCUT2D eigenvalue weighted by molar-refractivity contribution is 0.119. The third-order valence-corrected chi connectivity index (χ3v) is 4.02. The van der Waals surface area contributed by atoms with Gasteiger partial charge in [0.05, 0.1) is 6.54 Å². The van der Waals surface area contributed by atoms with E-state index in [1.165, 1.54) is 6.42 Å². The molecule has 0 amide bonds. The van der Waals surface area contributed by atoms with Crippen molar-refractivity contribution in [2.75, 3.05) is 13.1 Å². The predicted molar refractivity (Wildman–Crippen MR) is 81.5 cm³/mol. The molecule has 0 radical (unpaired) electrons. The maximum Gasteiger partial charge on any atom is 0.141 e. The van der Waals surface area contributed by atoms with Gasteiger partial charge >= 0.3 is 0 Å². The van der Waals surface area contributed by atoms with Crippen LogP contribution >= 0.6 is 0 Å². The van der Waals surface area contributed by atoms with Crippen molar-refractivity contribution >= 4 is 0 Å². The van der Waals surface area contributed by atoms with Crippen LogP contribution in [0.4, 0.5) is 0 Å². The zero-order valence-corrected chi connectivity index (χ0v) is 13.5. The monoisotopic (exact) mass is 279 g/mol. The zero-order valence-electron chi connectivity index (χ0n) is 13.5. The van der Waals surface area contributed by atoms with Gasteiger partial charge in [-0.1, -0.05) is 13.8 Å². The first kappa shape index (κ1) is 15.4. The highest BCUT2D eigenvalue weighted by Gasteiger charge is 2.26. The van der Waals surface area contributed by atoms with E-state index in [0.29, 0.717) is 18.1 Å². The van der Waals surface area contributed by atoms with Crippen molar-refractivity contribution in [3.8, 4) is 0 Å². The van der Waals surface area contributed by atoms with Gasteiger partial charge in [-0.15, -0.1) is 0 Å². The van der Waals surface area contributed by atoms with Gasteiger partial charge in [-0.05, 0) is 33.1 Å². The zero-order chi connectivity index (χ0) is 14.7. The lowest BCUT2D eigenvalue weighted by Gasteiger charge is -2.39. The predicted octanol–water partition coefficient (Wildman–Crippen LogP) is 2.07. The van der Waals surface area contributed by atoms with Gasteiger partial charge in [0.25, 0.3) is 0 Å². The van der Waals surface area contributed by atoms with Crippen LogP contribution in [-0.4, -0.2) is 44.8 Å². The minimum Gasteiger partial charge on any atom is -0.311 e. The second-order valence-corrected chi connectivity index (χ2v) is 6.73. The molecule has 1 fully saturated rings. The highest BCUT2D eigenvalue weighted by atomic mass is 15.4. The summed E-state index contributed by atoms with van der Waals surface area (Å²) in [7, 11) is 0. The molecule has 0 bridgehead atoms. The SMILES string of the molecule is CC(C)CC1CN(Cc2ncnn2C(C)C)C(C)CN1. The molecule has 2 heterocycles. The largest absolute Gasteiger partial charge is 0.311 e. The van der Waals surface area contributed by atoms with Crippen LogP contribution in [0, 0.1) is 5.92 Å². The van der Waals surface area contributed by atoms with Gasteiger partial charge < -0.3 is 5.32 Å². The van der Waals surface area contributed by atoms with Crippen molar-refractivity contribution in [1.82, 2.24) is 25.0 Å². The van der Waals surface area contributed by atoms with Crippen molar-refractivity contribution in [1.29, 1.82) is 0 Å². The quantitative estimate of drug-likeness (QED) is 0.896. The normalized spacial score (nSPS) is 24.8. The van der Waals surface area contributed by atoms with Crippen LogP contribution in [0.5, 0.6) is 0 Å². The Morgan fingerprint density at radius 3 is 2.75 bits per heavy atom. The van der Waals surface area contributed by atoms with E-state index < -0.39 is 0 Å². The van der Waals surface area contributed by atoms with Crippen LogP contribution < -0.4 is 5.32 Å². The number of hydrogen-bond acceptors (Lipinski definition) is 4. The summed E-state index contributed by atoms with van der Waals surface area (Å²) < 4.78 is 2.03. The first-order chi connectivity index (χ1) is 9.47. The number of rotatable bonds is 5. The molecular weight excluding hydrogens is 250 g/mol. The number of hydrogen-bond donors (Lipinski definition) is 1. The molecule has 1 aromatic rings. The topological polar surface area (TPSA) is 46.0 Å². The van der Waals surface area contributed by atoms with E-state index in [0.717, 1.165) is 31.4 Å². The van der Waals surface area contributed by atoms with Crippen molar-refractivity contribution in [3.63, 3.8) is 0 Å². The summed E-state index contributed by atoms with van der Waals surface area (Å²) in [4.78, 5) is 6.98. The highest BCUT2D eigenvalue weighted by Crippen LogP contribution is 2.16. The van der Waals surface area contributed by atoms with Crippen molar-refractivity contribution in [2.24, 2.45) is 5.92 Å². The summed E-state index contributed by atoms with van der Waals surface area (Å²) in [5, 5.41) is 8.00. The molecule has 1 saturated heterocycles. The lowest BCUT2D eigenvalue weighted by Crippen LogP contribution is -2.55. The van der Waals surface area contributed by atoms with E-state index in [4.69, 9.17) is 0 Å². The molecule has 5 nitrogen and oxygen atoms in total.